The van der Waals surface area contributed by atoms with Crippen LogP contribution in [0.1, 0.15) is 5.56 Å². The zero-order valence-corrected chi connectivity index (χ0v) is 11.2. The minimum absolute atomic E-state index is 0.847. The molecule has 0 spiro atoms. The second-order valence-corrected chi connectivity index (χ2v) is 5.67. The van der Waals surface area contributed by atoms with Crippen LogP contribution in [0.4, 0.5) is 0 Å². The second kappa shape index (κ2) is 3.93. The first-order valence-electron chi connectivity index (χ1n) is 6.16. The third-order valence-electron chi connectivity index (χ3n) is 3.18. The molecule has 0 aliphatic carbocycles. The standard InChI is InChI=1S/C16H11NOS/c1-10-6-7-15-12(8-10)17-16(19-15)14-9-11-4-2-3-5-13(11)18-14/h2-9H,1H3. The highest BCUT2D eigenvalue weighted by atomic mass is 32.1. The molecule has 19 heavy (non-hydrogen) atoms. The lowest BCUT2D eigenvalue weighted by atomic mass is 10.2. The number of aromatic nitrogens is 1. The Labute approximate surface area is 114 Å². The van der Waals surface area contributed by atoms with E-state index in [1.165, 1.54) is 10.3 Å². The zero-order valence-electron chi connectivity index (χ0n) is 10.4. The van der Waals surface area contributed by atoms with Gasteiger partial charge in [0.1, 0.15) is 5.58 Å². The second-order valence-electron chi connectivity index (χ2n) is 4.64. The fourth-order valence-corrected chi connectivity index (χ4v) is 3.13. The predicted octanol–water partition coefficient (Wildman–Crippen LogP) is 5.02. The van der Waals surface area contributed by atoms with E-state index in [0.717, 1.165) is 27.3 Å². The Morgan fingerprint density at radius 2 is 1.95 bits per heavy atom. The summed E-state index contributed by atoms with van der Waals surface area (Å²) in [5.74, 6) is 0.847. The predicted molar refractivity (Wildman–Crippen MR) is 79.6 cm³/mol. The quantitative estimate of drug-likeness (QED) is 0.483. The molecule has 2 nitrogen and oxygen atoms in total. The Balaban J connectivity index is 1.93. The van der Waals surface area contributed by atoms with Crippen molar-refractivity contribution in [3.8, 4) is 10.8 Å². The van der Waals surface area contributed by atoms with Crippen LogP contribution in [-0.4, -0.2) is 4.98 Å². The van der Waals surface area contributed by atoms with E-state index in [0.29, 0.717) is 0 Å². The van der Waals surface area contributed by atoms with Crippen LogP contribution in [0.3, 0.4) is 0 Å². The molecule has 0 radical (unpaired) electrons. The van der Waals surface area contributed by atoms with E-state index < -0.39 is 0 Å². The number of fused-ring (bicyclic) bond motifs is 2. The summed E-state index contributed by atoms with van der Waals surface area (Å²) in [7, 11) is 0. The number of nitrogens with zero attached hydrogens (tertiary/aromatic N) is 1. The van der Waals surface area contributed by atoms with Gasteiger partial charge in [-0.1, -0.05) is 24.3 Å². The zero-order chi connectivity index (χ0) is 12.8. The summed E-state index contributed by atoms with van der Waals surface area (Å²) in [5.41, 5.74) is 3.18. The van der Waals surface area contributed by atoms with Gasteiger partial charge in [-0.25, -0.2) is 4.98 Å². The minimum atomic E-state index is 0.847. The minimum Gasteiger partial charge on any atom is -0.454 e. The van der Waals surface area contributed by atoms with Gasteiger partial charge in [0.05, 0.1) is 10.2 Å². The summed E-state index contributed by atoms with van der Waals surface area (Å²) in [6, 6.07) is 16.4. The molecule has 3 heteroatoms. The molecule has 0 bridgehead atoms. The number of aryl methyl sites for hydroxylation is 1. The van der Waals surface area contributed by atoms with E-state index in [-0.39, 0.29) is 0 Å². The van der Waals surface area contributed by atoms with Crippen LogP contribution < -0.4 is 0 Å². The van der Waals surface area contributed by atoms with Crippen molar-refractivity contribution in [2.24, 2.45) is 0 Å². The monoisotopic (exact) mass is 265 g/mol. The molecule has 0 aliphatic rings. The average Bonchev–Trinajstić information content (AvgIpc) is 3.00. The summed E-state index contributed by atoms with van der Waals surface area (Å²) < 4.78 is 7.06. The molecule has 4 rings (SSSR count). The molecule has 0 saturated heterocycles. The first kappa shape index (κ1) is 10.8. The maximum atomic E-state index is 5.86. The van der Waals surface area contributed by atoms with Gasteiger partial charge in [0, 0.05) is 5.39 Å². The number of hydrogen-bond acceptors (Lipinski definition) is 3. The van der Waals surface area contributed by atoms with Crippen molar-refractivity contribution in [2.75, 3.05) is 0 Å². The van der Waals surface area contributed by atoms with Crippen molar-refractivity contribution in [3.63, 3.8) is 0 Å². The highest BCUT2D eigenvalue weighted by Crippen LogP contribution is 2.33. The summed E-state index contributed by atoms with van der Waals surface area (Å²) in [4.78, 5) is 4.66. The SMILES string of the molecule is Cc1ccc2sc(-c3cc4ccccc4o3)nc2c1. The molecule has 92 valence electrons. The fourth-order valence-electron chi connectivity index (χ4n) is 2.23. The van der Waals surface area contributed by atoms with Gasteiger partial charge in [0.25, 0.3) is 0 Å². The summed E-state index contributed by atoms with van der Waals surface area (Å²) in [5, 5.41) is 2.06. The molecule has 2 aromatic carbocycles. The number of thiazole rings is 1. The summed E-state index contributed by atoms with van der Waals surface area (Å²) in [6.07, 6.45) is 0. The highest BCUT2D eigenvalue weighted by Gasteiger charge is 2.11. The number of benzene rings is 2. The lowest BCUT2D eigenvalue weighted by molar-refractivity contribution is 0.631. The summed E-state index contributed by atoms with van der Waals surface area (Å²) >= 11 is 1.67. The first-order chi connectivity index (χ1) is 9.29. The average molecular weight is 265 g/mol. The maximum Gasteiger partial charge on any atom is 0.164 e. The van der Waals surface area contributed by atoms with Crippen LogP contribution >= 0.6 is 11.3 Å². The van der Waals surface area contributed by atoms with Crippen molar-refractivity contribution >= 4 is 32.5 Å². The molecule has 0 amide bonds. The Kier molecular flexibility index (Phi) is 2.23. The lowest BCUT2D eigenvalue weighted by Gasteiger charge is -1.88. The third-order valence-corrected chi connectivity index (χ3v) is 4.23. The molecular formula is C16H11NOS. The molecule has 2 heterocycles. The molecule has 2 aromatic heterocycles. The molecule has 0 fully saturated rings. The van der Waals surface area contributed by atoms with Gasteiger partial charge in [-0.3, -0.25) is 0 Å². The number of furan rings is 1. The summed E-state index contributed by atoms with van der Waals surface area (Å²) in [6.45, 7) is 2.08. The molecular weight excluding hydrogens is 254 g/mol. The highest BCUT2D eigenvalue weighted by molar-refractivity contribution is 7.21. The van der Waals surface area contributed by atoms with E-state index in [2.05, 4.69) is 42.2 Å². The first-order valence-corrected chi connectivity index (χ1v) is 6.97. The van der Waals surface area contributed by atoms with Gasteiger partial charge in [0.15, 0.2) is 10.8 Å². The molecule has 0 N–H and O–H groups in total. The molecule has 0 atom stereocenters. The van der Waals surface area contributed by atoms with E-state index >= 15 is 0 Å². The number of rotatable bonds is 1. The molecule has 0 saturated carbocycles. The van der Waals surface area contributed by atoms with Crippen molar-refractivity contribution in [1.82, 2.24) is 4.98 Å². The normalized spacial score (nSPS) is 11.4. The van der Waals surface area contributed by atoms with Gasteiger partial charge in [0.2, 0.25) is 0 Å². The largest absolute Gasteiger partial charge is 0.454 e. The van der Waals surface area contributed by atoms with Gasteiger partial charge in [-0.2, -0.15) is 0 Å². The van der Waals surface area contributed by atoms with Crippen molar-refractivity contribution in [3.05, 3.63) is 54.1 Å². The van der Waals surface area contributed by atoms with Crippen LogP contribution in [0.2, 0.25) is 0 Å². The Bertz CT molecular complexity index is 855. The maximum absolute atomic E-state index is 5.86. The molecule has 0 aliphatic heterocycles. The Hall–Kier alpha value is -2.13. The topological polar surface area (TPSA) is 26.0 Å². The fraction of sp³-hybridized carbons (Fsp3) is 0.0625. The van der Waals surface area contributed by atoms with E-state index in [1.54, 1.807) is 11.3 Å². The van der Waals surface area contributed by atoms with E-state index in [9.17, 15) is 0 Å². The van der Waals surface area contributed by atoms with E-state index in [4.69, 9.17) is 4.42 Å². The number of para-hydroxylation sites is 1. The van der Waals surface area contributed by atoms with Gasteiger partial charge >= 0.3 is 0 Å². The van der Waals surface area contributed by atoms with Crippen LogP contribution in [0.25, 0.3) is 32.0 Å². The van der Waals surface area contributed by atoms with Crippen molar-refractivity contribution in [2.45, 2.75) is 6.92 Å². The van der Waals surface area contributed by atoms with Crippen LogP contribution in [-0.2, 0) is 0 Å². The third kappa shape index (κ3) is 1.74. The van der Waals surface area contributed by atoms with Gasteiger partial charge in [-0.15, -0.1) is 11.3 Å². The Morgan fingerprint density at radius 1 is 1.05 bits per heavy atom. The molecule has 0 unspecified atom stereocenters. The van der Waals surface area contributed by atoms with Crippen LogP contribution in [0.5, 0.6) is 0 Å². The van der Waals surface area contributed by atoms with Crippen LogP contribution in [0.15, 0.2) is 52.9 Å². The molecule has 4 aromatic rings. The van der Waals surface area contributed by atoms with E-state index in [1.807, 2.05) is 18.2 Å². The number of hydrogen-bond donors (Lipinski definition) is 0. The van der Waals surface area contributed by atoms with Crippen LogP contribution in [0, 0.1) is 6.92 Å². The van der Waals surface area contributed by atoms with Gasteiger partial charge < -0.3 is 4.42 Å². The van der Waals surface area contributed by atoms with Crippen molar-refractivity contribution in [1.29, 1.82) is 0 Å². The lowest BCUT2D eigenvalue weighted by Crippen LogP contribution is -1.72. The van der Waals surface area contributed by atoms with Gasteiger partial charge in [-0.05, 0) is 36.8 Å². The Morgan fingerprint density at radius 3 is 2.84 bits per heavy atom. The van der Waals surface area contributed by atoms with Crippen molar-refractivity contribution < 1.29 is 4.42 Å². The smallest absolute Gasteiger partial charge is 0.164 e.